The van der Waals surface area contributed by atoms with Gasteiger partial charge in [0.05, 0.1) is 12.5 Å². The molecule has 0 fully saturated rings. The van der Waals surface area contributed by atoms with Gasteiger partial charge in [0.1, 0.15) is 19.0 Å². The third kappa shape index (κ3) is 6.85. The van der Waals surface area contributed by atoms with Gasteiger partial charge in [0, 0.05) is 17.2 Å². The number of carbonyl (C=O) groups is 1. The smallest absolute Gasteiger partial charge is 0.307 e. The molecule has 6 heteroatoms. The van der Waals surface area contributed by atoms with Crippen LogP contribution in [0.5, 0.6) is 17.5 Å². The Morgan fingerprint density at radius 2 is 1.42 bits per heavy atom. The van der Waals surface area contributed by atoms with Crippen LogP contribution in [0.25, 0.3) is 11.1 Å². The molecule has 1 aromatic heterocycles. The van der Waals surface area contributed by atoms with Crippen molar-refractivity contribution in [1.29, 1.82) is 0 Å². The average molecular weight is 484 g/mol. The average Bonchev–Trinajstić information content (AvgIpc) is 2.88. The zero-order valence-electron chi connectivity index (χ0n) is 20.4. The number of aliphatic carboxylic acids is 1. The van der Waals surface area contributed by atoms with E-state index in [0.29, 0.717) is 47.4 Å². The fourth-order valence-electron chi connectivity index (χ4n) is 3.71. The maximum atomic E-state index is 11.4. The molecule has 3 aromatic carbocycles. The molecule has 184 valence electrons. The van der Waals surface area contributed by atoms with Crippen LogP contribution in [-0.2, 0) is 24.4 Å². The summed E-state index contributed by atoms with van der Waals surface area (Å²) in [4.78, 5) is 16.0. The minimum Gasteiger partial charge on any atom is -0.490 e. The number of carboxylic acid groups (broad SMARTS) is 1. The molecular formula is C30H29NO5. The highest BCUT2D eigenvalue weighted by Crippen LogP contribution is 2.38. The second-order valence-corrected chi connectivity index (χ2v) is 8.62. The zero-order chi connectivity index (χ0) is 25.3. The number of hydrogen-bond donors (Lipinski definition) is 1. The number of aromatic nitrogens is 1. The van der Waals surface area contributed by atoms with Crippen LogP contribution in [0.2, 0.25) is 0 Å². The highest BCUT2D eigenvalue weighted by molar-refractivity contribution is 5.77. The van der Waals surface area contributed by atoms with E-state index in [1.165, 1.54) is 0 Å². The Morgan fingerprint density at radius 3 is 2.03 bits per heavy atom. The summed E-state index contributed by atoms with van der Waals surface area (Å²) in [5.74, 6) is 0.537. The first-order valence-corrected chi connectivity index (χ1v) is 11.8. The molecule has 0 aliphatic heterocycles. The fourth-order valence-corrected chi connectivity index (χ4v) is 3.71. The molecule has 36 heavy (non-hydrogen) atoms. The molecule has 1 heterocycles. The summed E-state index contributed by atoms with van der Waals surface area (Å²) in [5, 5.41) is 9.31. The summed E-state index contributed by atoms with van der Waals surface area (Å²) < 4.78 is 18.2. The highest BCUT2D eigenvalue weighted by Gasteiger charge is 2.18. The molecule has 0 saturated carbocycles. The fraction of sp³-hybridized carbons (Fsp3) is 0.200. The Bertz CT molecular complexity index is 1290. The van der Waals surface area contributed by atoms with Crippen molar-refractivity contribution in [2.45, 2.75) is 39.6 Å². The summed E-state index contributed by atoms with van der Waals surface area (Å²) >= 11 is 0. The van der Waals surface area contributed by atoms with Gasteiger partial charge in [0.2, 0.25) is 11.8 Å². The minimum atomic E-state index is -0.901. The van der Waals surface area contributed by atoms with Crippen molar-refractivity contribution in [3.8, 4) is 28.6 Å². The van der Waals surface area contributed by atoms with Crippen molar-refractivity contribution < 1.29 is 24.1 Å². The van der Waals surface area contributed by atoms with E-state index in [4.69, 9.17) is 14.2 Å². The molecule has 0 spiro atoms. The van der Waals surface area contributed by atoms with Crippen molar-refractivity contribution in [2.24, 2.45) is 0 Å². The largest absolute Gasteiger partial charge is 0.490 e. The van der Waals surface area contributed by atoms with Crippen LogP contribution < -0.4 is 14.2 Å². The zero-order valence-corrected chi connectivity index (χ0v) is 20.4. The van der Waals surface area contributed by atoms with Crippen LogP contribution in [0.1, 0.15) is 30.5 Å². The Kier molecular flexibility index (Phi) is 8.19. The molecule has 1 N–H and O–H groups in total. The molecule has 0 atom stereocenters. The van der Waals surface area contributed by atoms with Gasteiger partial charge in [-0.3, -0.25) is 4.79 Å². The SMILES string of the molecule is CC(C)Oc1ccc(CC(=O)O)cc1-c1ccc(OCc2ccccc2)nc1OCc1ccccc1. The molecule has 4 aromatic rings. The molecule has 0 bridgehead atoms. The molecule has 0 saturated heterocycles. The van der Waals surface area contributed by atoms with Gasteiger partial charge in [0.15, 0.2) is 0 Å². The van der Waals surface area contributed by atoms with Gasteiger partial charge < -0.3 is 19.3 Å². The second-order valence-electron chi connectivity index (χ2n) is 8.62. The first-order valence-electron chi connectivity index (χ1n) is 11.8. The number of rotatable bonds is 11. The lowest BCUT2D eigenvalue weighted by Gasteiger charge is -2.18. The van der Waals surface area contributed by atoms with Crippen LogP contribution >= 0.6 is 0 Å². The Hall–Kier alpha value is -4.32. The Balaban J connectivity index is 1.71. The van der Waals surface area contributed by atoms with E-state index >= 15 is 0 Å². The van der Waals surface area contributed by atoms with Crippen molar-refractivity contribution in [3.05, 3.63) is 108 Å². The quantitative estimate of drug-likeness (QED) is 0.269. The van der Waals surface area contributed by atoms with E-state index in [1.807, 2.05) is 86.6 Å². The van der Waals surface area contributed by atoms with Crippen LogP contribution in [0.3, 0.4) is 0 Å². The van der Waals surface area contributed by atoms with Gasteiger partial charge in [-0.05, 0) is 48.7 Å². The maximum absolute atomic E-state index is 11.4. The molecule has 0 aliphatic carbocycles. The summed E-state index contributed by atoms with van der Waals surface area (Å²) in [5.41, 5.74) is 4.10. The number of carboxylic acids is 1. The number of benzene rings is 3. The van der Waals surface area contributed by atoms with Crippen molar-refractivity contribution >= 4 is 5.97 Å². The molecular weight excluding hydrogens is 454 g/mol. The normalized spacial score (nSPS) is 10.8. The van der Waals surface area contributed by atoms with E-state index in [-0.39, 0.29) is 12.5 Å². The molecule has 0 amide bonds. The maximum Gasteiger partial charge on any atom is 0.307 e. The van der Waals surface area contributed by atoms with Crippen LogP contribution in [0.15, 0.2) is 91.0 Å². The molecule has 4 rings (SSSR count). The van der Waals surface area contributed by atoms with E-state index in [0.717, 1.165) is 11.1 Å². The number of nitrogens with zero attached hydrogens (tertiary/aromatic N) is 1. The molecule has 0 unspecified atom stereocenters. The Morgan fingerprint density at radius 1 is 0.778 bits per heavy atom. The van der Waals surface area contributed by atoms with Crippen LogP contribution in [-0.4, -0.2) is 22.2 Å². The standard InChI is InChI=1S/C30H29NO5/c1-21(2)36-27-15-13-24(18-29(32)33)17-26(27)25-14-16-28(34-19-22-9-5-3-6-10-22)31-30(25)35-20-23-11-7-4-8-12-23/h3-17,21H,18-20H2,1-2H3,(H,32,33). The molecule has 6 nitrogen and oxygen atoms in total. The van der Waals surface area contributed by atoms with Gasteiger partial charge in [-0.25, -0.2) is 0 Å². The van der Waals surface area contributed by atoms with Gasteiger partial charge >= 0.3 is 5.97 Å². The van der Waals surface area contributed by atoms with Crippen molar-refractivity contribution in [3.63, 3.8) is 0 Å². The van der Waals surface area contributed by atoms with Gasteiger partial charge in [-0.2, -0.15) is 4.98 Å². The second kappa shape index (κ2) is 11.9. The summed E-state index contributed by atoms with van der Waals surface area (Å²) in [6.07, 6.45) is -0.162. The lowest BCUT2D eigenvalue weighted by molar-refractivity contribution is -0.136. The van der Waals surface area contributed by atoms with E-state index in [1.54, 1.807) is 18.2 Å². The van der Waals surface area contributed by atoms with Gasteiger partial charge in [-0.1, -0.05) is 66.7 Å². The lowest BCUT2D eigenvalue weighted by Crippen LogP contribution is -2.08. The van der Waals surface area contributed by atoms with Crippen molar-refractivity contribution in [2.75, 3.05) is 0 Å². The minimum absolute atomic E-state index is 0.0656. The first kappa shape index (κ1) is 24.8. The van der Waals surface area contributed by atoms with E-state index < -0.39 is 5.97 Å². The first-order chi connectivity index (χ1) is 17.5. The predicted octanol–water partition coefficient (Wildman–Crippen LogP) is 6.32. The predicted molar refractivity (Wildman–Crippen MR) is 138 cm³/mol. The van der Waals surface area contributed by atoms with E-state index in [2.05, 4.69) is 4.98 Å². The monoisotopic (exact) mass is 483 g/mol. The summed E-state index contributed by atoms with van der Waals surface area (Å²) in [7, 11) is 0. The Labute approximate surface area is 211 Å². The number of ether oxygens (including phenoxy) is 3. The third-order valence-electron chi connectivity index (χ3n) is 5.33. The topological polar surface area (TPSA) is 77.9 Å². The van der Waals surface area contributed by atoms with Crippen LogP contribution in [0, 0.1) is 0 Å². The molecule has 0 aliphatic rings. The molecule has 0 radical (unpaired) electrons. The van der Waals surface area contributed by atoms with Crippen molar-refractivity contribution in [1.82, 2.24) is 4.98 Å². The summed E-state index contributed by atoms with van der Waals surface area (Å²) in [6, 6.07) is 28.7. The van der Waals surface area contributed by atoms with Gasteiger partial charge in [-0.15, -0.1) is 0 Å². The van der Waals surface area contributed by atoms with Gasteiger partial charge in [0.25, 0.3) is 0 Å². The summed E-state index contributed by atoms with van der Waals surface area (Å²) in [6.45, 7) is 4.58. The third-order valence-corrected chi connectivity index (χ3v) is 5.33. The van der Waals surface area contributed by atoms with E-state index in [9.17, 15) is 9.90 Å². The number of pyridine rings is 1. The van der Waals surface area contributed by atoms with Crippen LogP contribution in [0.4, 0.5) is 0 Å². The lowest BCUT2D eigenvalue weighted by atomic mass is 10.0. The number of hydrogen-bond acceptors (Lipinski definition) is 5. The highest BCUT2D eigenvalue weighted by atomic mass is 16.5.